The van der Waals surface area contributed by atoms with Crippen LogP contribution in [0.3, 0.4) is 0 Å². The van der Waals surface area contributed by atoms with Crippen LogP contribution in [-0.2, 0) is 16.4 Å². The minimum atomic E-state index is -3.61. The fourth-order valence-electron chi connectivity index (χ4n) is 3.89. The molecule has 10 nitrogen and oxygen atoms in total. The average molecular weight is 427 g/mol. The summed E-state index contributed by atoms with van der Waals surface area (Å²) in [4.78, 5) is 18.3. The van der Waals surface area contributed by atoms with Crippen LogP contribution in [-0.4, -0.2) is 68.5 Å². The van der Waals surface area contributed by atoms with E-state index in [1.54, 1.807) is 22.8 Å². The van der Waals surface area contributed by atoms with Crippen molar-refractivity contribution in [2.45, 2.75) is 24.7 Å². The monoisotopic (exact) mass is 426 g/mol. The van der Waals surface area contributed by atoms with E-state index in [4.69, 9.17) is 0 Å². The second-order valence-corrected chi connectivity index (χ2v) is 9.18. The number of aromatic amines is 1. The van der Waals surface area contributed by atoms with Gasteiger partial charge in [-0.1, -0.05) is 13.3 Å². The van der Waals surface area contributed by atoms with E-state index < -0.39 is 10.0 Å². The standard InChI is InChI=1S/C19H22N8O2S/c1-2-4-14-11-17(27-19(24-14)22-13-23-27)25-7-9-26(10-8-25)30(28,29)16-12-21-18-15(16)5-3-6-20-18/h3,5-6,11-13H,2,4,7-10H2,1H3,(H,20,21). The SMILES string of the molecule is CCCc1cc(N2CCN(S(=O)(=O)c3c[nH]c4ncccc34)CC2)n2ncnc2n1. The maximum absolute atomic E-state index is 13.2. The zero-order valence-electron chi connectivity index (χ0n) is 16.6. The van der Waals surface area contributed by atoms with Crippen LogP contribution in [0, 0.1) is 0 Å². The average Bonchev–Trinajstić information content (AvgIpc) is 3.41. The Labute approximate surface area is 173 Å². The lowest BCUT2D eigenvalue weighted by atomic mass is 10.2. The minimum Gasteiger partial charge on any atom is -0.354 e. The molecule has 1 aliphatic rings. The highest BCUT2D eigenvalue weighted by Crippen LogP contribution is 2.26. The number of hydrogen-bond donors (Lipinski definition) is 1. The van der Waals surface area contributed by atoms with Crippen molar-refractivity contribution < 1.29 is 8.42 Å². The van der Waals surface area contributed by atoms with Gasteiger partial charge >= 0.3 is 0 Å². The molecule has 30 heavy (non-hydrogen) atoms. The maximum Gasteiger partial charge on any atom is 0.254 e. The molecule has 0 bridgehead atoms. The van der Waals surface area contributed by atoms with E-state index in [0.29, 0.717) is 43.0 Å². The number of aryl methyl sites for hydroxylation is 1. The number of nitrogens with zero attached hydrogens (tertiary/aromatic N) is 7. The summed E-state index contributed by atoms with van der Waals surface area (Å²) in [6.07, 6.45) is 6.51. The molecule has 5 rings (SSSR count). The molecule has 4 aromatic rings. The molecule has 0 aliphatic carbocycles. The number of nitrogens with one attached hydrogen (secondary N) is 1. The largest absolute Gasteiger partial charge is 0.354 e. The molecule has 0 aromatic carbocycles. The molecule has 1 saturated heterocycles. The number of piperazine rings is 1. The van der Waals surface area contributed by atoms with Crippen molar-refractivity contribution in [2.75, 3.05) is 31.1 Å². The Hall–Kier alpha value is -3.05. The predicted molar refractivity (Wildman–Crippen MR) is 112 cm³/mol. The molecule has 5 heterocycles. The van der Waals surface area contributed by atoms with Crippen LogP contribution in [0.25, 0.3) is 16.8 Å². The molecule has 0 spiro atoms. The summed E-state index contributed by atoms with van der Waals surface area (Å²) in [5.41, 5.74) is 1.54. The number of fused-ring (bicyclic) bond motifs is 2. The molecule has 11 heteroatoms. The first kappa shape index (κ1) is 18.9. The van der Waals surface area contributed by atoms with Gasteiger partial charge in [0.2, 0.25) is 10.0 Å². The van der Waals surface area contributed by atoms with E-state index in [9.17, 15) is 8.42 Å². The molecule has 0 atom stereocenters. The van der Waals surface area contributed by atoms with Gasteiger partial charge < -0.3 is 9.88 Å². The second-order valence-electron chi connectivity index (χ2n) is 7.27. The minimum absolute atomic E-state index is 0.270. The van der Waals surface area contributed by atoms with Crippen molar-refractivity contribution in [2.24, 2.45) is 0 Å². The molecule has 1 N–H and O–H groups in total. The van der Waals surface area contributed by atoms with Crippen LogP contribution >= 0.6 is 0 Å². The molecule has 0 amide bonds. The number of hydrogen-bond acceptors (Lipinski definition) is 7. The molecule has 0 saturated carbocycles. The van der Waals surface area contributed by atoms with Crippen molar-refractivity contribution in [3.8, 4) is 0 Å². The first-order chi connectivity index (χ1) is 14.6. The van der Waals surface area contributed by atoms with Gasteiger partial charge in [0.1, 0.15) is 22.7 Å². The van der Waals surface area contributed by atoms with E-state index in [-0.39, 0.29) is 4.90 Å². The van der Waals surface area contributed by atoms with Crippen LogP contribution in [0.4, 0.5) is 5.82 Å². The van der Waals surface area contributed by atoms with Gasteiger partial charge in [0.05, 0.1) is 0 Å². The summed E-state index contributed by atoms with van der Waals surface area (Å²) >= 11 is 0. The summed E-state index contributed by atoms with van der Waals surface area (Å²) in [5.74, 6) is 1.46. The Kier molecular flexibility index (Phi) is 4.63. The number of sulfonamides is 1. The van der Waals surface area contributed by atoms with Gasteiger partial charge in [-0.15, -0.1) is 0 Å². The first-order valence-corrected chi connectivity index (χ1v) is 11.4. The molecule has 4 aromatic heterocycles. The lowest BCUT2D eigenvalue weighted by Crippen LogP contribution is -2.49. The Bertz CT molecular complexity index is 1300. The highest BCUT2D eigenvalue weighted by Gasteiger charge is 2.31. The fourth-order valence-corrected chi connectivity index (χ4v) is 5.47. The molecular weight excluding hydrogens is 404 g/mol. The number of aromatic nitrogens is 6. The summed E-state index contributed by atoms with van der Waals surface area (Å²) < 4.78 is 29.7. The third-order valence-corrected chi connectivity index (χ3v) is 7.32. The quantitative estimate of drug-likeness (QED) is 0.514. The molecular formula is C19H22N8O2S. The van der Waals surface area contributed by atoms with Crippen molar-refractivity contribution in [1.82, 2.24) is 33.9 Å². The van der Waals surface area contributed by atoms with Crippen LogP contribution in [0.2, 0.25) is 0 Å². The first-order valence-electron chi connectivity index (χ1n) is 9.95. The topological polar surface area (TPSA) is 112 Å². The van der Waals surface area contributed by atoms with Gasteiger partial charge in [-0.05, 0) is 18.6 Å². The predicted octanol–water partition coefficient (Wildman–Crippen LogP) is 1.46. The molecule has 1 aliphatic heterocycles. The van der Waals surface area contributed by atoms with Gasteiger partial charge in [0.15, 0.2) is 0 Å². The van der Waals surface area contributed by atoms with E-state index in [2.05, 4.69) is 36.9 Å². The molecule has 0 radical (unpaired) electrons. The maximum atomic E-state index is 13.2. The summed E-state index contributed by atoms with van der Waals surface area (Å²) in [5, 5.41) is 4.91. The lowest BCUT2D eigenvalue weighted by Gasteiger charge is -2.35. The Morgan fingerprint density at radius 3 is 2.80 bits per heavy atom. The van der Waals surface area contributed by atoms with Crippen molar-refractivity contribution in [3.05, 3.63) is 42.6 Å². The van der Waals surface area contributed by atoms with E-state index in [1.165, 1.54) is 16.8 Å². The Morgan fingerprint density at radius 2 is 2.00 bits per heavy atom. The Balaban J connectivity index is 1.40. The van der Waals surface area contributed by atoms with E-state index >= 15 is 0 Å². The highest BCUT2D eigenvalue weighted by atomic mass is 32.2. The molecule has 1 fully saturated rings. The van der Waals surface area contributed by atoms with Gasteiger partial charge in [0, 0.05) is 55.7 Å². The van der Waals surface area contributed by atoms with Gasteiger partial charge in [-0.2, -0.15) is 18.9 Å². The Morgan fingerprint density at radius 1 is 1.17 bits per heavy atom. The van der Waals surface area contributed by atoms with E-state index in [0.717, 1.165) is 24.4 Å². The van der Waals surface area contributed by atoms with Crippen molar-refractivity contribution in [3.63, 3.8) is 0 Å². The van der Waals surface area contributed by atoms with Crippen LogP contribution < -0.4 is 4.90 Å². The van der Waals surface area contributed by atoms with Crippen LogP contribution in [0.5, 0.6) is 0 Å². The van der Waals surface area contributed by atoms with Gasteiger partial charge in [0.25, 0.3) is 5.78 Å². The third kappa shape index (κ3) is 3.10. The zero-order chi connectivity index (χ0) is 20.7. The highest BCUT2D eigenvalue weighted by molar-refractivity contribution is 7.89. The summed E-state index contributed by atoms with van der Waals surface area (Å²) in [6, 6.07) is 5.55. The normalized spacial score (nSPS) is 16.0. The van der Waals surface area contributed by atoms with Crippen molar-refractivity contribution >= 4 is 32.7 Å². The fraction of sp³-hybridized carbons (Fsp3) is 0.368. The molecule has 0 unspecified atom stereocenters. The molecule has 156 valence electrons. The third-order valence-electron chi connectivity index (χ3n) is 5.39. The van der Waals surface area contributed by atoms with E-state index in [1.807, 2.05) is 6.07 Å². The lowest BCUT2D eigenvalue weighted by molar-refractivity contribution is 0.383. The second kappa shape index (κ2) is 7.33. The number of anilines is 1. The van der Waals surface area contributed by atoms with Gasteiger partial charge in [-0.25, -0.2) is 18.4 Å². The number of pyridine rings is 1. The van der Waals surface area contributed by atoms with Gasteiger partial charge in [-0.3, -0.25) is 0 Å². The zero-order valence-corrected chi connectivity index (χ0v) is 17.4. The van der Waals surface area contributed by atoms with Crippen molar-refractivity contribution in [1.29, 1.82) is 0 Å². The summed E-state index contributed by atoms with van der Waals surface area (Å²) in [6.45, 7) is 4.00. The number of H-pyrrole nitrogens is 1. The summed E-state index contributed by atoms with van der Waals surface area (Å²) in [7, 11) is -3.61. The van der Waals surface area contributed by atoms with Crippen LogP contribution in [0.1, 0.15) is 19.0 Å². The number of rotatable bonds is 5. The van der Waals surface area contributed by atoms with Crippen LogP contribution in [0.15, 0.2) is 41.8 Å². The smallest absolute Gasteiger partial charge is 0.254 e.